The maximum Gasteiger partial charge on any atom is 0.257 e. The van der Waals surface area contributed by atoms with Crippen molar-refractivity contribution in [1.29, 1.82) is 0 Å². The van der Waals surface area contributed by atoms with E-state index in [1.807, 2.05) is 31.2 Å². The van der Waals surface area contributed by atoms with Crippen molar-refractivity contribution in [2.24, 2.45) is 0 Å². The van der Waals surface area contributed by atoms with Crippen LogP contribution in [0.2, 0.25) is 5.02 Å². The molecule has 2 rings (SSSR count). The molecule has 1 N–H and O–H groups in total. The van der Waals surface area contributed by atoms with Crippen molar-refractivity contribution in [3.63, 3.8) is 0 Å². The quantitative estimate of drug-likeness (QED) is 0.938. The molecule has 2 aromatic rings. The van der Waals surface area contributed by atoms with Crippen molar-refractivity contribution in [3.05, 3.63) is 58.7 Å². The zero-order valence-corrected chi connectivity index (χ0v) is 13.1. The molecule has 1 heterocycles. The lowest BCUT2D eigenvalue weighted by molar-refractivity contribution is 0.0743. The van der Waals surface area contributed by atoms with Crippen molar-refractivity contribution in [2.45, 2.75) is 13.0 Å². The maximum absolute atomic E-state index is 12.7. The number of nitrogens with zero attached hydrogens (tertiary/aromatic N) is 2. The first-order valence-corrected chi connectivity index (χ1v) is 7.08. The molecule has 0 radical (unpaired) electrons. The van der Waals surface area contributed by atoms with E-state index in [1.165, 1.54) is 0 Å². The number of hydrogen-bond acceptors (Lipinski definition) is 3. The summed E-state index contributed by atoms with van der Waals surface area (Å²) >= 11 is 6.21. The summed E-state index contributed by atoms with van der Waals surface area (Å²) in [5.41, 5.74) is 1.46. The fourth-order valence-corrected chi connectivity index (χ4v) is 2.46. The number of hydrogen-bond donors (Lipinski definition) is 1. The number of benzene rings is 1. The average molecular weight is 304 g/mol. The summed E-state index contributed by atoms with van der Waals surface area (Å²) < 4.78 is 0. The number of halogens is 1. The van der Waals surface area contributed by atoms with Crippen LogP contribution in [-0.4, -0.2) is 29.9 Å². The standard InChI is InChI=1S/C16H18ClN3O/c1-11(12-7-4-5-9-14(12)17)20(3)16(21)13-8-6-10-19-15(13)18-2/h4-11H,1-3H3,(H,18,19). The van der Waals surface area contributed by atoms with Crippen LogP contribution in [0, 0.1) is 0 Å². The monoisotopic (exact) mass is 303 g/mol. The number of aromatic nitrogens is 1. The Hall–Kier alpha value is -2.07. The minimum absolute atomic E-state index is 0.0973. The number of anilines is 1. The van der Waals surface area contributed by atoms with E-state index in [1.54, 1.807) is 37.3 Å². The maximum atomic E-state index is 12.7. The van der Waals surface area contributed by atoms with Crippen LogP contribution < -0.4 is 5.32 Å². The summed E-state index contributed by atoms with van der Waals surface area (Å²) in [6.07, 6.45) is 1.65. The van der Waals surface area contributed by atoms with Crippen LogP contribution in [0.3, 0.4) is 0 Å². The highest BCUT2D eigenvalue weighted by Gasteiger charge is 2.22. The number of amides is 1. The van der Waals surface area contributed by atoms with Gasteiger partial charge in [-0.1, -0.05) is 29.8 Å². The summed E-state index contributed by atoms with van der Waals surface area (Å²) in [7, 11) is 3.51. The number of nitrogens with one attached hydrogen (secondary N) is 1. The van der Waals surface area contributed by atoms with Gasteiger partial charge in [0.15, 0.2) is 0 Å². The molecule has 0 fully saturated rings. The molecule has 0 bridgehead atoms. The minimum Gasteiger partial charge on any atom is -0.372 e. The minimum atomic E-state index is -0.129. The average Bonchev–Trinajstić information content (AvgIpc) is 2.53. The Morgan fingerprint density at radius 1 is 1.29 bits per heavy atom. The molecular formula is C16H18ClN3O. The van der Waals surface area contributed by atoms with Crippen LogP contribution in [0.25, 0.3) is 0 Å². The van der Waals surface area contributed by atoms with Crippen molar-refractivity contribution in [3.8, 4) is 0 Å². The molecule has 1 aromatic heterocycles. The van der Waals surface area contributed by atoms with Gasteiger partial charge in [0.25, 0.3) is 5.91 Å². The lowest BCUT2D eigenvalue weighted by Crippen LogP contribution is -2.30. The Morgan fingerprint density at radius 2 is 2.00 bits per heavy atom. The van der Waals surface area contributed by atoms with Crippen molar-refractivity contribution in [2.75, 3.05) is 19.4 Å². The second kappa shape index (κ2) is 6.59. The molecule has 1 aromatic carbocycles. The Labute approximate surface area is 129 Å². The third kappa shape index (κ3) is 3.16. The zero-order chi connectivity index (χ0) is 15.4. The molecule has 0 aliphatic carbocycles. The van der Waals surface area contributed by atoms with Gasteiger partial charge in [-0.3, -0.25) is 4.79 Å². The van der Waals surface area contributed by atoms with Gasteiger partial charge in [0.2, 0.25) is 0 Å². The smallest absolute Gasteiger partial charge is 0.257 e. The number of rotatable bonds is 4. The molecule has 0 saturated heterocycles. The van der Waals surface area contributed by atoms with Gasteiger partial charge in [0.05, 0.1) is 11.6 Å². The topological polar surface area (TPSA) is 45.2 Å². The predicted molar refractivity (Wildman–Crippen MR) is 85.7 cm³/mol. The van der Waals surface area contributed by atoms with E-state index in [0.29, 0.717) is 16.4 Å². The van der Waals surface area contributed by atoms with Gasteiger partial charge >= 0.3 is 0 Å². The third-order valence-electron chi connectivity index (χ3n) is 3.53. The largest absolute Gasteiger partial charge is 0.372 e. The molecule has 5 heteroatoms. The second-order valence-electron chi connectivity index (χ2n) is 4.76. The van der Waals surface area contributed by atoms with Gasteiger partial charge < -0.3 is 10.2 Å². The van der Waals surface area contributed by atoms with Gasteiger partial charge in [0, 0.05) is 25.3 Å². The summed E-state index contributed by atoms with van der Waals surface area (Å²) in [4.78, 5) is 18.5. The van der Waals surface area contributed by atoms with Crippen LogP contribution in [0.4, 0.5) is 5.82 Å². The van der Waals surface area contributed by atoms with E-state index in [-0.39, 0.29) is 11.9 Å². The third-order valence-corrected chi connectivity index (χ3v) is 3.88. The summed E-state index contributed by atoms with van der Waals surface area (Å²) in [6, 6.07) is 10.9. The molecule has 0 saturated carbocycles. The number of carbonyl (C=O) groups excluding carboxylic acids is 1. The Morgan fingerprint density at radius 3 is 2.67 bits per heavy atom. The van der Waals surface area contributed by atoms with E-state index in [0.717, 1.165) is 5.56 Å². The van der Waals surface area contributed by atoms with E-state index >= 15 is 0 Å². The van der Waals surface area contributed by atoms with Gasteiger partial charge in [-0.2, -0.15) is 0 Å². The molecule has 110 valence electrons. The van der Waals surface area contributed by atoms with Crippen molar-refractivity contribution < 1.29 is 4.79 Å². The molecule has 0 aliphatic heterocycles. The van der Waals surface area contributed by atoms with Crippen LogP contribution in [0.1, 0.15) is 28.9 Å². The van der Waals surface area contributed by atoms with Crippen LogP contribution >= 0.6 is 11.6 Å². The molecular weight excluding hydrogens is 286 g/mol. The van der Waals surface area contributed by atoms with Crippen molar-refractivity contribution in [1.82, 2.24) is 9.88 Å². The van der Waals surface area contributed by atoms with Crippen LogP contribution in [-0.2, 0) is 0 Å². The first kappa shape index (κ1) is 15.3. The lowest BCUT2D eigenvalue weighted by Gasteiger charge is -2.26. The highest BCUT2D eigenvalue weighted by atomic mass is 35.5. The number of carbonyl (C=O) groups is 1. The van der Waals surface area contributed by atoms with Gasteiger partial charge in [-0.15, -0.1) is 0 Å². The zero-order valence-electron chi connectivity index (χ0n) is 12.3. The molecule has 0 aliphatic rings. The van der Waals surface area contributed by atoms with E-state index in [9.17, 15) is 4.79 Å². The number of pyridine rings is 1. The van der Waals surface area contributed by atoms with Crippen molar-refractivity contribution >= 4 is 23.3 Å². The molecule has 21 heavy (non-hydrogen) atoms. The molecule has 0 spiro atoms. The predicted octanol–water partition coefficient (Wildman–Crippen LogP) is 3.61. The van der Waals surface area contributed by atoms with E-state index < -0.39 is 0 Å². The molecule has 4 nitrogen and oxygen atoms in total. The van der Waals surface area contributed by atoms with Gasteiger partial charge in [0.1, 0.15) is 5.82 Å². The highest BCUT2D eigenvalue weighted by Crippen LogP contribution is 2.27. The second-order valence-corrected chi connectivity index (χ2v) is 5.17. The summed E-state index contributed by atoms with van der Waals surface area (Å²) in [5, 5.41) is 3.59. The normalized spacial score (nSPS) is 11.8. The van der Waals surface area contributed by atoms with Gasteiger partial charge in [-0.25, -0.2) is 4.98 Å². The van der Waals surface area contributed by atoms with E-state index in [2.05, 4.69) is 10.3 Å². The summed E-state index contributed by atoms with van der Waals surface area (Å²) in [5.74, 6) is 0.473. The Balaban J connectivity index is 2.29. The fraction of sp³-hybridized carbons (Fsp3) is 0.250. The first-order valence-electron chi connectivity index (χ1n) is 6.70. The summed E-state index contributed by atoms with van der Waals surface area (Å²) in [6.45, 7) is 1.95. The first-order chi connectivity index (χ1) is 10.1. The van der Waals surface area contributed by atoms with Crippen LogP contribution in [0.5, 0.6) is 0 Å². The lowest BCUT2D eigenvalue weighted by atomic mass is 10.1. The molecule has 1 amide bonds. The van der Waals surface area contributed by atoms with Gasteiger partial charge in [-0.05, 0) is 30.7 Å². The SMILES string of the molecule is CNc1ncccc1C(=O)N(C)C(C)c1ccccc1Cl. The Kier molecular flexibility index (Phi) is 4.81. The molecule has 1 atom stereocenters. The Bertz CT molecular complexity index is 645. The highest BCUT2D eigenvalue weighted by molar-refractivity contribution is 6.31. The van der Waals surface area contributed by atoms with E-state index in [4.69, 9.17) is 11.6 Å². The fourth-order valence-electron chi connectivity index (χ4n) is 2.17. The molecule has 1 unspecified atom stereocenters. The van der Waals surface area contributed by atoms with Crippen LogP contribution in [0.15, 0.2) is 42.6 Å².